The van der Waals surface area contributed by atoms with Crippen molar-refractivity contribution in [3.63, 3.8) is 0 Å². The monoisotopic (exact) mass is 339 g/mol. The zero-order chi connectivity index (χ0) is 16.4. The number of hydrogen-bond acceptors (Lipinski definition) is 4. The van der Waals surface area contributed by atoms with Crippen LogP contribution in [0.15, 0.2) is 59.0 Å². The second kappa shape index (κ2) is 6.75. The first kappa shape index (κ1) is 15.4. The smallest absolute Gasteiger partial charge is 0.249 e. The van der Waals surface area contributed by atoms with Crippen molar-refractivity contribution in [1.82, 2.24) is 15.1 Å². The van der Waals surface area contributed by atoms with Gasteiger partial charge in [-0.05, 0) is 37.1 Å². The number of aromatic nitrogens is 2. The summed E-state index contributed by atoms with van der Waals surface area (Å²) in [6.07, 6.45) is 2.35. The maximum absolute atomic E-state index is 6.20. The van der Waals surface area contributed by atoms with Crippen LogP contribution in [0, 0.1) is 0 Å². The molecule has 0 amide bonds. The molecule has 24 heavy (non-hydrogen) atoms. The van der Waals surface area contributed by atoms with Crippen molar-refractivity contribution in [2.45, 2.75) is 25.4 Å². The minimum atomic E-state index is 0.418. The molecule has 1 aliphatic rings. The summed E-state index contributed by atoms with van der Waals surface area (Å²) in [6, 6.07) is 18.5. The second-order valence-corrected chi connectivity index (χ2v) is 6.43. The zero-order valence-electron chi connectivity index (χ0n) is 13.2. The van der Waals surface area contributed by atoms with Gasteiger partial charge in [-0.25, -0.2) is 0 Å². The van der Waals surface area contributed by atoms with E-state index >= 15 is 0 Å². The van der Waals surface area contributed by atoms with Crippen molar-refractivity contribution < 1.29 is 4.42 Å². The first-order valence-corrected chi connectivity index (χ1v) is 8.55. The molecule has 0 saturated carbocycles. The molecule has 1 atom stereocenters. The van der Waals surface area contributed by atoms with Crippen LogP contribution < -0.4 is 0 Å². The van der Waals surface area contributed by atoms with Crippen LogP contribution in [0.3, 0.4) is 0 Å². The molecule has 0 radical (unpaired) electrons. The Labute approximate surface area is 146 Å². The lowest BCUT2D eigenvalue weighted by Gasteiger charge is -2.23. The van der Waals surface area contributed by atoms with Crippen molar-refractivity contribution >= 4 is 11.6 Å². The normalized spacial score (nSPS) is 18.1. The summed E-state index contributed by atoms with van der Waals surface area (Å²) in [5, 5.41) is 8.99. The molecular weight excluding hydrogens is 322 g/mol. The molecule has 1 fully saturated rings. The zero-order valence-corrected chi connectivity index (χ0v) is 14.0. The predicted molar refractivity (Wildman–Crippen MR) is 93.6 cm³/mol. The van der Waals surface area contributed by atoms with Crippen LogP contribution in [-0.4, -0.2) is 21.6 Å². The maximum atomic E-state index is 6.20. The van der Waals surface area contributed by atoms with E-state index in [2.05, 4.69) is 45.4 Å². The SMILES string of the molecule is Clc1ccccc1-c1nnc(CN2CCCC2c2ccccc2)o1. The van der Waals surface area contributed by atoms with Gasteiger partial charge in [-0.15, -0.1) is 10.2 Å². The molecule has 5 heteroatoms. The van der Waals surface area contributed by atoms with Gasteiger partial charge in [0, 0.05) is 6.04 Å². The summed E-state index contributed by atoms with van der Waals surface area (Å²) < 4.78 is 5.85. The van der Waals surface area contributed by atoms with E-state index in [0.717, 1.165) is 18.5 Å². The van der Waals surface area contributed by atoms with Crippen molar-refractivity contribution in [2.24, 2.45) is 0 Å². The summed E-state index contributed by atoms with van der Waals surface area (Å²) in [5.74, 6) is 1.11. The Hall–Kier alpha value is -2.17. The van der Waals surface area contributed by atoms with E-state index in [9.17, 15) is 0 Å². The Kier molecular flexibility index (Phi) is 4.32. The van der Waals surface area contributed by atoms with E-state index in [4.69, 9.17) is 16.0 Å². The number of halogens is 1. The molecule has 1 aromatic heterocycles. The highest BCUT2D eigenvalue weighted by Gasteiger charge is 2.27. The fourth-order valence-electron chi connectivity index (χ4n) is 3.30. The van der Waals surface area contributed by atoms with Gasteiger partial charge in [0.05, 0.1) is 17.1 Å². The third-order valence-corrected chi connectivity index (χ3v) is 4.79. The number of nitrogens with zero attached hydrogens (tertiary/aromatic N) is 3. The van der Waals surface area contributed by atoms with E-state index in [1.54, 1.807) is 0 Å². The number of hydrogen-bond donors (Lipinski definition) is 0. The van der Waals surface area contributed by atoms with Crippen LogP contribution in [0.25, 0.3) is 11.5 Å². The minimum Gasteiger partial charge on any atom is -0.419 e. The molecule has 122 valence electrons. The van der Waals surface area contributed by atoms with Gasteiger partial charge in [0.1, 0.15) is 0 Å². The van der Waals surface area contributed by atoms with Gasteiger partial charge in [0.2, 0.25) is 11.8 Å². The lowest BCUT2D eigenvalue weighted by Crippen LogP contribution is -2.22. The molecular formula is C19H18ClN3O. The highest BCUT2D eigenvalue weighted by atomic mass is 35.5. The molecule has 1 unspecified atom stereocenters. The van der Waals surface area contributed by atoms with Crippen LogP contribution in [0.5, 0.6) is 0 Å². The van der Waals surface area contributed by atoms with Crippen molar-refractivity contribution in [3.8, 4) is 11.5 Å². The number of rotatable bonds is 4. The molecule has 2 heterocycles. The summed E-state index contributed by atoms with van der Waals surface area (Å²) in [6.45, 7) is 1.71. The van der Waals surface area contributed by atoms with Gasteiger partial charge in [0.25, 0.3) is 0 Å². The Balaban J connectivity index is 1.53. The summed E-state index contributed by atoms with van der Waals surface area (Å²) in [4.78, 5) is 2.40. The van der Waals surface area contributed by atoms with E-state index in [0.29, 0.717) is 29.4 Å². The Morgan fingerprint density at radius 2 is 1.83 bits per heavy atom. The van der Waals surface area contributed by atoms with E-state index in [1.807, 2.05) is 24.3 Å². The summed E-state index contributed by atoms with van der Waals surface area (Å²) in [5.41, 5.74) is 2.12. The van der Waals surface area contributed by atoms with E-state index in [-0.39, 0.29) is 0 Å². The molecule has 4 rings (SSSR count). The fraction of sp³-hybridized carbons (Fsp3) is 0.263. The molecule has 0 bridgehead atoms. The van der Waals surface area contributed by atoms with Crippen LogP contribution in [0.1, 0.15) is 30.3 Å². The van der Waals surface area contributed by atoms with Gasteiger partial charge >= 0.3 is 0 Å². The van der Waals surface area contributed by atoms with Crippen LogP contribution in [0.4, 0.5) is 0 Å². The third kappa shape index (κ3) is 3.07. The summed E-state index contributed by atoms with van der Waals surface area (Å²) in [7, 11) is 0. The average Bonchev–Trinajstić information content (AvgIpc) is 3.26. The van der Waals surface area contributed by atoms with E-state index < -0.39 is 0 Å². The number of likely N-dealkylation sites (tertiary alicyclic amines) is 1. The van der Waals surface area contributed by atoms with Crippen molar-refractivity contribution in [2.75, 3.05) is 6.54 Å². The molecule has 1 saturated heterocycles. The van der Waals surface area contributed by atoms with E-state index in [1.165, 1.54) is 12.0 Å². The Bertz CT molecular complexity index is 818. The quantitative estimate of drug-likeness (QED) is 0.689. The number of benzene rings is 2. The topological polar surface area (TPSA) is 42.2 Å². The molecule has 0 N–H and O–H groups in total. The Morgan fingerprint density at radius 1 is 1.04 bits per heavy atom. The van der Waals surface area contributed by atoms with Crippen molar-refractivity contribution in [1.29, 1.82) is 0 Å². The third-order valence-electron chi connectivity index (χ3n) is 4.46. The first-order valence-electron chi connectivity index (χ1n) is 8.17. The van der Waals surface area contributed by atoms with Gasteiger partial charge in [-0.2, -0.15) is 0 Å². The first-order chi connectivity index (χ1) is 11.8. The molecule has 3 aromatic rings. The molecule has 2 aromatic carbocycles. The standard InChI is InChI=1S/C19H18ClN3O/c20-16-10-5-4-9-15(16)19-22-21-18(24-19)13-23-12-6-11-17(23)14-7-2-1-3-8-14/h1-5,7-10,17H,6,11-13H2. The molecule has 1 aliphatic heterocycles. The van der Waals surface area contributed by atoms with Crippen LogP contribution >= 0.6 is 11.6 Å². The molecule has 0 spiro atoms. The largest absolute Gasteiger partial charge is 0.419 e. The van der Waals surface area contributed by atoms with Gasteiger partial charge < -0.3 is 4.42 Å². The molecule has 0 aliphatic carbocycles. The molecule has 4 nitrogen and oxygen atoms in total. The average molecular weight is 340 g/mol. The minimum absolute atomic E-state index is 0.418. The van der Waals surface area contributed by atoms with Crippen LogP contribution in [-0.2, 0) is 6.54 Å². The van der Waals surface area contributed by atoms with Gasteiger partial charge in [-0.1, -0.05) is 54.1 Å². The Morgan fingerprint density at radius 3 is 2.67 bits per heavy atom. The lowest BCUT2D eigenvalue weighted by molar-refractivity contribution is 0.224. The highest BCUT2D eigenvalue weighted by molar-refractivity contribution is 6.33. The van der Waals surface area contributed by atoms with Gasteiger partial charge in [-0.3, -0.25) is 4.90 Å². The summed E-state index contributed by atoms with van der Waals surface area (Å²) >= 11 is 6.20. The fourth-order valence-corrected chi connectivity index (χ4v) is 3.52. The second-order valence-electron chi connectivity index (χ2n) is 6.02. The maximum Gasteiger partial charge on any atom is 0.249 e. The van der Waals surface area contributed by atoms with Crippen molar-refractivity contribution in [3.05, 3.63) is 71.1 Å². The van der Waals surface area contributed by atoms with Crippen LogP contribution in [0.2, 0.25) is 5.02 Å². The lowest BCUT2D eigenvalue weighted by atomic mass is 10.0. The predicted octanol–water partition coefficient (Wildman–Crippen LogP) is 4.73. The highest BCUT2D eigenvalue weighted by Crippen LogP contribution is 2.33. The van der Waals surface area contributed by atoms with Gasteiger partial charge in [0.15, 0.2) is 0 Å².